The monoisotopic (exact) mass is 409 g/mol. The normalized spacial score (nSPS) is 18.1. The summed E-state index contributed by atoms with van der Waals surface area (Å²) in [5, 5.41) is 9.17. The van der Waals surface area contributed by atoms with Crippen LogP contribution in [0.1, 0.15) is 32.1 Å². The maximum absolute atomic E-state index is 5.44. The molecule has 0 amide bonds. The Morgan fingerprint density at radius 3 is 2.55 bits per heavy atom. The lowest BCUT2D eigenvalue weighted by atomic mass is 9.95. The van der Waals surface area contributed by atoms with E-state index in [1.54, 1.807) is 11.3 Å². The molecule has 1 aliphatic heterocycles. The third-order valence-corrected chi connectivity index (χ3v) is 6.66. The highest BCUT2D eigenvalue weighted by Crippen LogP contribution is 2.31. The first-order valence-corrected chi connectivity index (χ1v) is 11.4. The molecule has 1 aliphatic carbocycles. The van der Waals surface area contributed by atoms with Crippen molar-refractivity contribution in [2.24, 2.45) is 0 Å². The van der Waals surface area contributed by atoms with Crippen LogP contribution in [0.4, 0.5) is 23.1 Å². The number of ether oxygens (including phenoxy) is 1. The molecule has 1 saturated heterocycles. The van der Waals surface area contributed by atoms with Gasteiger partial charge in [-0.1, -0.05) is 19.3 Å². The number of fused-ring (bicyclic) bond motifs is 1. The number of morpholine rings is 1. The number of aromatic nitrogens is 2. The van der Waals surface area contributed by atoms with Crippen LogP contribution in [0.15, 0.2) is 35.7 Å². The van der Waals surface area contributed by atoms with Crippen LogP contribution in [0.2, 0.25) is 0 Å². The van der Waals surface area contributed by atoms with Crippen LogP contribution >= 0.6 is 11.3 Å². The van der Waals surface area contributed by atoms with Crippen LogP contribution < -0.4 is 15.5 Å². The largest absolute Gasteiger partial charge is 0.378 e. The van der Waals surface area contributed by atoms with Crippen LogP contribution in [-0.2, 0) is 4.74 Å². The molecule has 2 aromatic heterocycles. The molecule has 1 aromatic carbocycles. The number of hydrogen-bond donors (Lipinski definition) is 2. The Morgan fingerprint density at radius 2 is 1.76 bits per heavy atom. The van der Waals surface area contributed by atoms with Crippen LogP contribution in [-0.4, -0.2) is 42.3 Å². The molecule has 6 nitrogen and oxygen atoms in total. The Bertz CT molecular complexity index is 945. The van der Waals surface area contributed by atoms with Crippen molar-refractivity contribution in [1.82, 2.24) is 9.97 Å². The van der Waals surface area contributed by atoms with Gasteiger partial charge >= 0.3 is 0 Å². The minimum Gasteiger partial charge on any atom is -0.378 e. The van der Waals surface area contributed by atoms with Gasteiger partial charge in [-0.3, -0.25) is 0 Å². The fourth-order valence-corrected chi connectivity index (χ4v) is 4.95. The number of anilines is 4. The van der Waals surface area contributed by atoms with E-state index in [2.05, 4.69) is 51.2 Å². The number of thiophene rings is 1. The Balaban J connectivity index is 1.34. The van der Waals surface area contributed by atoms with E-state index < -0.39 is 0 Å². The summed E-state index contributed by atoms with van der Waals surface area (Å²) in [6.45, 7) is 3.48. The van der Waals surface area contributed by atoms with Gasteiger partial charge in [-0.2, -0.15) is 4.98 Å². The topological polar surface area (TPSA) is 62.3 Å². The van der Waals surface area contributed by atoms with Crippen LogP contribution in [0.25, 0.3) is 10.2 Å². The van der Waals surface area contributed by atoms with Gasteiger partial charge in [-0.15, -0.1) is 11.3 Å². The van der Waals surface area contributed by atoms with Gasteiger partial charge < -0.3 is 20.3 Å². The fourth-order valence-electron chi connectivity index (χ4n) is 4.16. The number of benzene rings is 1. The van der Waals surface area contributed by atoms with Gasteiger partial charge in [0.2, 0.25) is 5.95 Å². The van der Waals surface area contributed by atoms with Crippen LogP contribution in [0, 0.1) is 0 Å². The summed E-state index contributed by atoms with van der Waals surface area (Å²) < 4.78 is 6.58. The SMILES string of the molecule is c1cc2nc(Nc3ccc(N4CCOCC4)cc3)nc(NC3CCCCC3)c2s1. The van der Waals surface area contributed by atoms with E-state index in [1.807, 2.05) is 0 Å². The molecule has 3 aromatic rings. The van der Waals surface area contributed by atoms with Gasteiger partial charge in [-0.25, -0.2) is 4.98 Å². The van der Waals surface area contributed by atoms with E-state index in [-0.39, 0.29) is 0 Å². The van der Waals surface area contributed by atoms with Crippen LogP contribution in [0.3, 0.4) is 0 Å². The summed E-state index contributed by atoms with van der Waals surface area (Å²) in [7, 11) is 0. The van der Waals surface area contributed by atoms with Gasteiger partial charge in [0.05, 0.1) is 23.4 Å². The molecule has 1 saturated carbocycles. The van der Waals surface area contributed by atoms with Crippen molar-refractivity contribution in [1.29, 1.82) is 0 Å². The number of nitrogens with zero attached hydrogens (tertiary/aromatic N) is 3. The fraction of sp³-hybridized carbons (Fsp3) is 0.455. The molecule has 0 atom stereocenters. The lowest BCUT2D eigenvalue weighted by Crippen LogP contribution is -2.36. The molecular formula is C22H27N5OS. The first-order chi connectivity index (χ1) is 14.3. The highest BCUT2D eigenvalue weighted by Gasteiger charge is 2.17. The zero-order chi connectivity index (χ0) is 19.5. The average Bonchev–Trinajstić information content (AvgIpc) is 3.25. The van der Waals surface area contributed by atoms with E-state index >= 15 is 0 Å². The van der Waals surface area contributed by atoms with Crippen LogP contribution in [0.5, 0.6) is 0 Å². The average molecular weight is 410 g/mol. The molecule has 0 spiro atoms. The maximum atomic E-state index is 5.44. The third kappa shape index (κ3) is 4.31. The lowest BCUT2D eigenvalue weighted by molar-refractivity contribution is 0.122. The Kier molecular flexibility index (Phi) is 5.49. The van der Waals surface area contributed by atoms with E-state index in [0.717, 1.165) is 48.0 Å². The van der Waals surface area contributed by atoms with Crippen molar-refractivity contribution in [2.75, 3.05) is 41.8 Å². The second-order valence-corrected chi connectivity index (χ2v) is 8.70. The molecule has 0 radical (unpaired) electrons. The van der Waals surface area contributed by atoms with Crippen molar-refractivity contribution >= 4 is 44.7 Å². The third-order valence-electron chi connectivity index (χ3n) is 5.75. The maximum Gasteiger partial charge on any atom is 0.229 e. The minimum absolute atomic E-state index is 0.518. The van der Waals surface area contributed by atoms with E-state index in [4.69, 9.17) is 14.7 Å². The zero-order valence-corrected chi connectivity index (χ0v) is 17.4. The highest BCUT2D eigenvalue weighted by molar-refractivity contribution is 7.17. The van der Waals surface area contributed by atoms with E-state index in [1.165, 1.54) is 37.8 Å². The van der Waals surface area contributed by atoms with E-state index in [0.29, 0.717) is 12.0 Å². The summed E-state index contributed by atoms with van der Waals surface area (Å²) >= 11 is 1.70. The zero-order valence-electron chi connectivity index (χ0n) is 16.6. The quantitative estimate of drug-likeness (QED) is 0.617. The Labute approximate surface area is 175 Å². The van der Waals surface area contributed by atoms with Crippen molar-refractivity contribution < 1.29 is 4.74 Å². The molecule has 2 fully saturated rings. The van der Waals surface area contributed by atoms with Crippen molar-refractivity contribution in [3.63, 3.8) is 0 Å². The summed E-state index contributed by atoms with van der Waals surface area (Å²) in [6.07, 6.45) is 6.41. The molecule has 29 heavy (non-hydrogen) atoms. The van der Waals surface area contributed by atoms with Gasteiger partial charge in [0.1, 0.15) is 5.82 Å². The number of hydrogen-bond acceptors (Lipinski definition) is 7. The van der Waals surface area contributed by atoms with Gasteiger partial charge in [0.15, 0.2) is 0 Å². The van der Waals surface area contributed by atoms with E-state index in [9.17, 15) is 0 Å². The molecule has 0 bridgehead atoms. The summed E-state index contributed by atoms with van der Waals surface area (Å²) in [4.78, 5) is 11.9. The molecule has 2 N–H and O–H groups in total. The van der Waals surface area contributed by atoms with Crippen molar-refractivity contribution in [3.8, 4) is 0 Å². The molecule has 3 heterocycles. The number of nitrogens with one attached hydrogen (secondary N) is 2. The molecule has 7 heteroatoms. The molecule has 152 valence electrons. The summed E-state index contributed by atoms with van der Waals surface area (Å²) in [5.41, 5.74) is 3.23. The molecule has 2 aliphatic rings. The first-order valence-electron chi connectivity index (χ1n) is 10.6. The molecular weight excluding hydrogens is 382 g/mol. The molecule has 5 rings (SSSR count). The first kappa shape index (κ1) is 18.6. The number of rotatable bonds is 5. The standard InChI is InChI=1S/C22H27N5OS/c1-2-4-16(5-3-1)23-21-20-19(10-15-29-20)25-22(26-21)24-17-6-8-18(9-7-17)27-11-13-28-14-12-27/h6-10,15-16H,1-5,11-14H2,(H2,23,24,25,26). The predicted molar refractivity (Wildman–Crippen MR) is 121 cm³/mol. The lowest BCUT2D eigenvalue weighted by Gasteiger charge is -2.28. The van der Waals surface area contributed by atoms with Gasteiger partial charge in [0.25, 0.3) is 0 Å². The van der Waals surface area contributed by atoms with Gasteiger partial charge in [-0.05, 0) is 48.6 Å². The second-order valence-electron chi connectivity index (χ2n) is 7.78. The highest BCUT2D eigenvalue weighted by atomic mass is 32.1. The van der Waals surface area contributed by atoms with Crippen molar-refractivity contribution in [2.45, 2.75) is 38.1 Å². The molecule has 0 unspecified atom stereocenters. The Morgan fingerprint density at radius 1 is 0.966 bits per heavy atom. The van der Waals surface area contributed by atoms with Gasteiger partial charge in [0, 0.05) is 30.5 Å². The summed E-state index contributed by atoms with van der Waals surface area (Å²) in [6, 6.07) is 11.1. The predicted octanol–water partition coefficient (Wildman–Crippen LogP) is 5.02. The second kappa shape index (κ2) is 8.55. The Hall–Kier alpha value is -2.38. The minimum atomic E-state index is 0.518. The van der Waals surface area contributed by atoms with Crippen molar-refractivity contribution in [3.05, 3.63) is 35.7 Å². The smallest absolute Gasteiger partial charge is 0.229 e. The summed E-state index contributed by atoms with van der Waals surface area (Å²) in [5.74, 6) is 1.61.